The number of esters is 1. The Kier molecular flexibility index (Phi) is 7.49. The van der Waals surface area contributed by atoms with E-state index in [2.05, 4.69) is 0 Å². The maximum atomic E-state index is 14.2. The first-order chi connectivity index (χ1) is 16.8. The topological polar surface area (TPSA) is 81.1 Å². The van der Waals surface area contributed by atoms with Gasteiger partial charge < -0.3 is 18.9 Å². The van der Waals surface area contributed by atoms with E-state index in [1.165, 1.54) is 37.3 Å². The number of ether oxygens (including phenoxy) is 2. The van der Waals surface area contributed by atoms with Crippen LogP contribution in [0.2, 0.25) is 0 Å². The van der Waals surface area contributed by atoms with Crippen molar-refractivity contribution in [2.75, 3.05) is 33.9 Å². The molecule has 2 aliphatic heterocycles. The molecule has 1 amide bonds. The molecule has 0 spiro atoms. The summed E-state index contributed by atoms with van der Waals surface area (Å²) < 4.78 is 39.4. The molecule has 1 fully saturated rings. The molecular weight excluding hydrogens is 460 g/mol. The van der Waals surface area contributed by atoms with Gasteiger partial charge in [0, 0.05) is 62.5 Å². The summed E-state index contributed by atoms with van der Waals surface area (Å²) in [6.07, 6.45) is 2.41. The molecule has 2 aliphatic rings. The first kappa shape index (κ1) is 24.8. The van der Waals surface area contributed by atoms with Crippen LogP contribution in [0, 0.1) is 11.6 Å². The van der Waals surface area contributed by atoms with Gasteiger partial charge in [0.25, 0.3) is 11.5 Å². The molecule has 1 saturated heterocycles. The lowest BCUT2D eigenvalue weighted by Gasteiger charge is -2.34. The van der Waals surface area contributed by atoms with Crippen LogP contribution in [0.5, 0.6) is 5.75 Å². The Morgan fingerprint density at radius 3 is 2.57 bits per heavy atom. The first-order valence-electron chi connectivity index (χ1n) is 11.7. The summed E-state index contributed by atoms with van der Waals surface area (Å²) in [6.45, 7) is 1.83. The van der Waals surface area contributed by atoms with E-state index < -0.39 is 23.6 Å². The molecule has 3 heterocycles. The number of halogens is 2. The first-order valence-corrected chi connectivity index (χ1v) is 11.7. The van der Waals surface area contributed by atoms with E-state index in [1.807, 2.05) is 4.90 Å². The molecule has 1 aromatic carbocycles. The monoisotopic (exact) mass is 489 g/mol. The molecule has 1 aromatic heterocycles. The quantitative estimate of drug-likeness (QED) is 0.600. The molecule has 188 valence electrons. The number of pyridine rings is 1. The fourth-order valence-electron chi connectivity index (χ4n) is 4.93. The van der Waals surface area contributed by atoms with Gasteiger partial charge in [-0.25, -0.2) is 13.6 Å². The number of rotatable bonds is 5. The zero-order valence-electron chi connectivity index (χ0n) is 19.9. The maximum Gasteiger partial charge on any atom is 0.328 e. The zero-order chi connectivity index (χ0) is 25.1. The van der Waals surface area contributed by atoms with E-state index in [-0.39, 0.29) is 29.3 Å². The second-order valence-corrected chi connectivity index (χ2v) is 8.82. The number of fused-ring (bicyclic) bond motifs is 1. The minimum atomic E-state index is -0.692. The molecule has 2 aromatic rings. The molecule has 0 saturated carbocycles. The molecule has 0 bridgehead atoms. The van der Waals surface area contributed by atoms with Crippen molar-refractivity contribution in [3.8, 4) is 5.75 Å². The highest BCUT2D eigenvalue weighted by Crippen LogP contribution is 2.28. The van der Waals surface area contributed by atoms with Gasteiger partial charge in [-0.05, 0) is 25.3 Å². The number of aromatic nitrogens is 1. The fraction of sp³-hybridized carbons (Fsp3) is 0.480. The van der Waals surface area contributed by atoms with Gasteiger partial charge >= 0.3 is 5.97 Å². The molecular formula is C25H29F2N3O5. The van der Waals surface area contributed by atoms with Gasteiger partial charge in [0.05, 0.1) is 14.2 Å². The van der Waals surface area contributed by atoms with Crippen LogP contribution < -0.4 is 10.3 Å². The summed E-state index contributed by atoms with van der Waals surface area (Å²) in [5.74, 6) is -1.94. The molecule has 4 rings (SSSR count). The molecule has 35 heavy (non-hydrogen) atoms. The molecule has 0 N–H and O–H groups in total. The van der Waals surface area contributed by atoms with Gasteiger partial charge in [0.2, 0.25) is 0 Å². The van der Waals surface area contributed by atoms with E-state index in [0.717, 1.165) is 18.9 Å². The van der Waals surface area contributed by atoms with Crippen LogP contribution in [0.25, 0.3) is 0 Å². The molecule has 8 nitrogen and oxygen atoms in total. The number of carbonyl (C=O) groups is 2. The van der Waals surface area contributed by atoms with Gasteiger partial charge in [0.1, 0.15) is 29.0 Å². The number of amides is 1. The minimum Gasteiger partial charge on any atom is -0.496 e. The number of methoxy groups -OCH3 is 2. The summed E-state index contributed by atoms with van der Waals surface area (Å²) in [4.78, 5) is 42.5. The average molecular weight is 490 g/mol. The Balaban J connectivity index is 1.66. The largest absolute Gasteiger partial charge is 0.496 e. The number of nitrogens with zero attached hydrogens (tertiary/aromatic N) is 3. The van der Waals surface area contributed by atoms with Crippen molar-refractivity contribution in [1.29, 1.82) is 0 Å². The van der Waals surface area contributed by atoms with Gasteiger partial charge in [-0.3, -0.25) is 14.5 Å². The summed E-state index contributed by atoms with van der Waals surface area (Å²) >= 11 is 0. The van der Waals surface area contributed by atoms with E-state index >= 15 is 0 Å². The molecule has 10 heteroatoms. The molecule has 1 atom stereocenters. The fourth-order valence-corrected chi connectivity index (χ4v) is 4.93. The predicted molar refractivity (Wildman–Crippen MR) is 123 cm³/mol. The van der Waals surface area contributed by atoms with Gasteiger partial charge in [0.15, 0.2) is 0 Å². The highest BCUT2D eigenvalue weighted by Gasteiger charge is 2.36. The van der Waals surface area contributed by atoms with E-state index in [4.69, 9.17) is 9.47 Å². The number of carbonyl (C=O) groups excluding carboxylic acids is 2. The van der Waals surface area contributed by atoms with E-state index in [0.29, 0.717) is 50.3 Å². The lowest BCUT2D eigenvalue weighted by atomic mass is 9.99. The van der Waals surface area contributed by atoms with Gasteiger partial charge in [-0.1, -0.05) is 6.07 Å². The zero-order valence-corrected chi connectivity index (χ0v) is 19.9. The number of benzene rings is 1. The summed E-state index contributed by atoms with van der Waals surface area (Å²) in [7, 11) is 2.70. The van der Waals surface area contributed by atoms with Crippen molar-refractivity contribution in [1.82, 2.24) is 14.4 Å². The maximum absolute atomic E-state index is 14.2. The summed E-state index contributed by atoms with van der Waals surface area (Å²) in [6, 6.07) is 4.08. The Morgan fingerprint density at radius 2 is 1.86 bits per heavy atom. The summed E-state index contributed by atoms with van der Waals surface area (Å²) in [5, 5.41) is 0. The molecule has 0 unspecified atom stereocenters. The standard InChI is InChI=1S/C25H29F2N3O5/c1-34-21-14-22(31)29-12-11-28(15-16-6-7-17(26)13-18(16)27)10-8-19(29)23(21)24(32)30-9-4-3-5-20(30)25(33)35-2/h6-7,13-14,20H,3-5,8-12,15H2,1-2H3/t20-/m0/s1. The second kappa shape index (κ2) is 10.6. The third-order valence-electron chi connectivity index (χ3n) is 6.77. The smallest absolute Gasteiger partial charge is 0.328 e. The molecule has 0 radical (unpaired) electrons. The van der Waals surface area contributed by atoms with E-state index in [1.54, 1.807) is 4.57 Å². The predicted octanol–water partition coefficient (Wildman–Crippen LogP) is 2.36. The van der Waals surface area contributed by atoms with Crippen molar-refractivity contribution < 1.29 is 27.8 Å². The number of likely N-dealkylation sites (tertiary alicyclic amines) is 1. The lowest BCUT2D eigenvalue weighted by Crippen LogP contribution is -2.49. The molecule has 0 aliphatic carbocycles. The van der Waals surface area contributed by atoms with Crippen molar-refractivity contribution in [2.24, 2.45) is 0 Å². The Morgan fingerprint density at radius 1 is 1.06 bits per heavy atom. The summed E-state index contributed by atoms with van der Waals surface area (Å²) in [5.41, 5.74) is 0.840. The van der Waals surface area contributed by atoms with Crippen molar-refractivity contribution in [2.45, 2.75) is 44.8 Å². The normalized spacial score (nSPS) is 18.5. The van der Waals surface area contributed by atoms with Crippen LogP contribution in [-0.2, 0) is 29.0 Å². The SMILES string of the molecule is COC(=O)[C@@H]1CCCCN1C(=O)c1c(OC)cc(=O)n2c1CCN(Cc1ccc(F)cc1F)CC2. The highest BCUT2D eigenvalue weighted by molar-refractivity contribution is 6.00. The van der Waals surface area contributed by atoms with Crippen LogP contribution >= 0.6 is 0 Å². The van der Waals surface area contributed by atoms with Crippen LogP contribution in [-0.4, -0.2) is 66.1 Å². The third-order valence-corrected chi connectivity index (χ3v) is 6.77. The average Bonchev–Trinajstić information content (AvgIpc) is 3.07. The minimum absolute atomic E-state index is 0.165. The number of hydrogen-bond donors (Lipinski definition) is 0. The number of piperidine rings is 1. The van der Waals surface area contributed by atoms with Crippen LogP contribution in [0.15, 0.2) is 29.1 Å². The van der Waals surface area contributed by atoms with Crippen LogP contribution in [0.3, 0.4) is 0 Å². The highest BCUT2D eigenvalue weighted by atomic mass is 19.1. The second-order valence-electron chi connectivity index (χ2n) is 8.82. The van der Waals surface area contributed by atoms with Crippen molar-refractivity contribution in [3.05, 3.63) is 63.1 Å². The van der Waals surface area contributed by atoms with E-state index in [9.17, 15) is 23.2 Å². The van der Waals surface area contributed by atoms with Gasteiger partial charge in [-0.15, -0.1) is 0 Å². The Hall–Kier alpha value is -3.27. The third kappa shape index (κ3) is 5.07. The van der Waals surface area contributed by atoms with Gasteiger partial charge in [-0.2, -0.15) is 0 Å². The Bertz CT molecular complexity index is 1180. The number of hydrogen-bond acceptors (Lipinski definition) is 6. The van der Waals surface area contributed by atoms with Crippen molar-refractivity contribution in [3.63, 3.8) is 0 Å². The Labute approximate surface area is 202 Å². The van der Waals surface area contributed by atoms with Crippen LogP contribution in [0.4, 0.5) is 8.78 Å². The lowest BCUT2D eigenvalue weighted by molar-refractivity contribution is -0.147. The van der Waals surface area contributed by atoms with Crippen LogP contribution in [0.1, 0.15) is 40.9 Å². The van der Waals surface area contributed by atoms with Crippen molar-refractivity contribution >= 4 is 11.9 Å².